The molecule has 0 N–H and O–H groups in total. The lowest BCUT2D eigenvalue weighted by Crippen LogP contribution is -2.50. The highest BCUT2D eigenvalue weighted by Crippen LogP contribution is 2.38. The Balaban J connectivity index is 0.000000549. The quantitative estimate of drug-likeness (QED) is 0.0587. The lowest BCUT2D eigenvalue weighted by Gasteiger charge is -2.39. The molecular formula is C52H90N4O10S2Si2. The summed E-state index contributed by atoms with van der Waals surface area (Å²) in [6, 6.07) is -0.414. The molecule has 1 saturated heterocycles. The Morgan fingerprint density at radius 2 is 1.30 bits per heavy atom. The van der Waals surface area contributed by atoms with Gasteiger partial charge in [-0.15, -0.1) is 22.7 Å². The number of ether oxygens (including phenoxy) is 2. The third-order valence-corrected chi connectivity index (χ3v) is 21.3. The van der Waals surface area contributed by atoms with Crippen LogP contribution < -0.4 is 0 Å². The molecule has 2 aromatic rings. The van der Waals surface area contributed by atoms with Gasteiger partial charge in [0.2, 0.25) is 5.91 Å². The Morgan fingerprint density at radius 3 is 1.77 bits per heavy atom. The number of ketones is 1. The molecule has 1 amide bonds. The highest BCUT2D eigenvalue weighted by molar-refractivity contribution is 7.13. The van der Waals surface area contributed by atoms with Crippen LogP contribution in [0.4, 0.5) is 0 Å². The van der Waals surface area contributed by atoms with E-state index in [-0.39, 0.29) is 47.7 Å². The normalized spacial score (nSPS) is 16.6. The zero-order valence-electron chi connectivity index (χ0n) is 46.1. The number of rotatable bonds is 28. The first kappa shape index (κ1) is 63.2. The van der Waals surface area contributed by atoms with Gasteiger partial charge in [0.1, 0.15) is 10.0 Å². The van der Waals surface area contributed by atoms with Gasteiger partial charge < -0.3 is 32.1 Å². The molecule has 0 radical (unpaired) electrons. The minimum absolute atomic E-state index is 0.0212. The SMILES string of the molecule is CCCN(C(=O)[C@@H](CC(=O)[C@H]1CCCCN1C)[C@@H](C)CC)[C@H](/C=C(\c1nc(C(=O)OC)cs1)[Si](C)(OCC)OCC)C(C)C.CCO[Si](C)(OCC)/C(=C/c1nc(C(=O)OC)cs1)C(C(C)C)C(C)C. The van der Waals surface area contributed by atoms with Crippen molar-refractivity contribution >= 4 is 74.7 Å². The minimum atomic E-state index is -3.02. The van der Waals surface area contributed by atoms with Gasteiger partial charge in [0.05, 0.1) is 26.3 Å². The van der Waals surface area contributed by atoms with Crippen LogP contribution in [0.15, 0.2) is 22.0 Å². The number of methoxy groups -OCH3 is 2. The zero-order chi connectivity index (χ0) is 52.9. The number of nitrogens with zero attached hydrogens (tertiary/aromatic N) is 4. The summed E-state index contributed by atoms with van der Waals surface area (Å²) in [5.74, 6) is 0.179. The van der Waals surface area contributed by atoms with Crippen LogP contribution >= 0.6 is 22.7 Å². The zero-order valence-corrected chi connectivity index (χ0v) is 49.7. The molecule has 3 rings (SSSR count). The number of esters is 2. The fourth-order valence-electron chi connectivity index (χ4n) is 9.55. The molecule has 18 heteroatoms. The van der Waals surface area contributed by atoms with Crippen LogP contribution in [0.3, 0.4) is 0 Å². The number of amides is 1. The van der Waals surface area contributed by atoms with Gasteiger partial charge in [0, 0.05) is 61.3 Å². The summed E-state index contributed by atoms with van der Waals surface area (Å²) in [5.41, 5.74) is 0.568. The van der Waals surface area contributed by atoms with E-state index in [0.717, 1.165) is 48.9 Å². The molecule has 14 nitrogen and oxygen atoms in total. The predicted molar refractivity (Wildman–Crippen MR) is 289 cm³/mol. The van der Waals surface area contributed by atoms with Crippen molar-refractivity contribution in [2.24, 2.45) is 35.5 Å². The van der Waals surface area contributed by atoms with Crippen LogP contribution in [-0.2, 0) is 36.8 Å². The Labute approximate surface area is 432 Å². The van der Waals surface area contributed by atoms with Crippen LogP contribution in [0.25, 0.3) is 11.3 Å². The molecule has 70 heavy (non-hydrogen) atoms. The topological polar surface area (TPSA) is 156 Å². The Hall–Kier alpha value is -2.95. The molecule has 398 valence electrons. The first-order valence-corrected chi connectivity index (χ1v) is 32.1. The number of carbonyl (C=O) groups is 4. The van der Waals surface area contributed by atoms with Crippen LogP contribution in [0.2, 0.25) is 13.1 Å². The second-order valence-electron chi connectivity index (χ2n) is 19.3. The molecule has 0 saturated carbocycles. The largest absolute Gasteiger partial charge is 0.464 e. The minimum Gasteiger partial charge on any atom is -0.464 e. The van der Waals surface area contributed by atoms with Crippen molar-refractivity contribution in [1.29, 1.82) is 0 Å². The van der Waals surface area contributed by atoms with E-state index in [4.69, 9.17) is 27.2 Å². The monoisotopic (exact) mass is 1050 g/mol. The van der Waals surface area contributed by atoms with E-state index in [9.17, 15) is 19.2 Å². The number of hydrogen-bond donors (Lipinski definition) is 0. The van der Waals surface area contributed by atoms with Gasteiger partial charge in [0.25, 0.3) is 0 Å². The average Bonchev–Trinajstić information content (AvgIpc) is 4.00. The molecule has 0 aliphatic carbocycles. The Morgan fingerprint density at radius 1 is 0.771 bits per heavy atom. The fraction of sp³-hybridized carbons (Fsp3) is 0.731. The number of allylic oxidation sites excluding steroid dienone is 1. The van der Waals surface area contributed by atoms with Crippen molar-refractivity contribution in [2.45, 2.75) is 154 Å². The van der Waals surface area contributed by atoms with Gasteiger partial charge in [-0.2, -0.15) is 0 Å². The summed E-state index contributed by atoms with van der Waals surface area (Å²) in [6.07, 6.45) is 9.03. The summed E-state index contributed by atoms with van der Waals surface area (Å²) in [4.78, 5) is 65.5. The summed E-state index contributed by atoms with van der Waals surface area (Å²) in [6.45, 7) is 35.0. The number of aromatic nitrogens is 2. The van der Waals surface area contributed by atoms with E-state index in [1.54, 1.807) is 10.8 Å². The molecule has 0 unspecified atom stereocenters. The van der Waals surface area contributed by atoms with Gasteiger partial charge in [-0.05, 0) is 115 Å². The molecule has 4 atom stereocenters. The number of hydrogen-bond acceptors (Lipinski definition) is 15. The molecule has 3 heterocycles. The lowest BCUT2D eigenvalue weighted by atomic mass is 9.83. The molecule has 0 bridgehead atoms. The first-order valence-electron chi connectivity index (χ1n) is 25.7. The van der Waals surface area contributed by atoms with E-state index in [1.807, 2.05) is 46.2 Å². The van der Waals surface area contributed by atoms with Gasteiger partial charge >= 0.3 is 29.1 Å². The van der Waals surface area contributed by atoms with Crippen molar-refractivity contribution in [3.63, 3.8) is 0 Å². The average molecular weight is 1050 g/mol. The number of Topliss-reactive ketones (excluding diaryl/α,β-unsaturated/α-hetero) is 1. The lowest BCUT2D eigenvalue weighted by molar-refractivity contribution is -0.143. The van der Waals surface area contributed by atoms with Crippen molar-refractivity contribution in [3.8, 4) is 0 Å². The molecule has 0 spiro atoms. The summed E-state index contributed by atoms with van der Waals surface area (Å²) in [5, 5.41) is 6.82. The number of piperidine rings is 1. The number of likely N-dealkylation sites (N-methyl/N-ethyl adjacent to an activating group) is 1. The van der Waals surface area contributed by atoms with Gasteiger partial charge in [-0.25, -0.2) is 19.6 Å². The number of likely N-dealkylation sites (tertiary alicyclic amines) is 1. The van der Waals surface area contributed by atoms with E-state index in [0.29, 0.717) is 61.4 Å². The summed E-state index contributed by atoms with van der Waals surface area (Å²) in [7, 11) is -0.856. The molecule has 1 aliphatic heterocycles. The maximum Gasteiger partial charge on any atom is 0.372 e. The van der Waals surface area contributed by atoms with Crippen LogP contribution in [0, 0.1) is 35.5 Å². The second-order valence-corrected chi connectivity index (χ2v) is 27.1. The van der Waals surface area contributed by atoms with Crippen LogP contribution in [-0.4, -0.2) is 133 Å². The highest BCUT2D eigenvalue weighted by atomic mass is 32.1. The molecular weight excluding hydrogens is 961 g/mol. The fourth-order valence-corrected chi connectivity index (χ4v) is 17.4. The Kier molecular flexibility index (Phi) is 27.9. The third-order valence-electron chi connectivity index (χ3n) is 13.2. The van der Waals surface area contributed by atoms with E-state index in [2.05, 4.69) is 95.9 Å². The Bertz CT molecular complexity index is 1970. The van der Waals surface area contributed by atoms with Crippen molar-refractivity contribution in [2.75, 3.05) is 60.8 Å². The van der Waals surface area contributed by atoms with Crippen molar-refractivity contribution in [3.05, 3.63) is 43.4 Å². The summed E-state index contributed by atoms with van der Waals surface area (Å²) < 4.78 is 34.8. The molecule has 1 fully saturated rings. The second kappa shape index (κ2) is 30.9. The number of thiazole rings is 2. The molecule has 0 aromatic carbocycles. The van der Waals surface area contributed by atoms with Crippen molar-refractivity contribution in [1.82, 2.24) is 19.8 Å². The van der Waals surface area contributed by atoms with E-state index in [1.165, 1.54) is 42.1 Å². The van der Waals surface area contributed by atoms with Crippen LogP contribution in [0.5, 0.6) is 0 Å². The maximum atomic E-state index is 14.6. The van der Waals surface area contributed by atoms with Gasteiger partial charge in [0.15, 0.2) is 17.2 Å². The van der Waals surface area contributed by atoms with Gasteiger partial charge in [-0.1, -0.05) is 81.2 Å². The van der Waals surface area contributed by atoms with E-state index < -0.39 is 35.0 Å². The van der Waals surface area contributed by atoms with Crippen molar-refractivity contribution < 1.29 is 46.4 Å². The standard InChI is InChI=1S/C33H57N3O6SSi.C19H33NO4SSi/c1-11-18-36(32(38)25(24(7)12-2)20-29(37)27-17-15-16-19-35(27)8)28(23(5)6)21-30(44(10,41-13-3)42-14-4)31-34-26(22-43-31)33(39)40-9;1-9-23-26(8,24-10-2)16(18(13(3)4)14(5)6)11-17-20-15(12-25-17)19(21)22-7/h21-25,27-28H,11-20H2,1-10H3;11-14,18H,9-10H2,1-8H3/b30-21+;16-11+/t24-,25-,27+,28+;/m0./s1. The van der Waals surface area contributed by atoms with Gasteiger partial charge in [-0.3, -0.25) is 14.5 Å². The van der Waals surface area contributed by atoms with Crippen LogP contribution in [0.1, 0.15) is 160 Å². The maximum absolute atomic E-state index is 14.6. The smallest absolute Gasteiger partial charge is 0.372 e. The number of carbonyl (C=O) groups excluding carboxylic acids is 4. The first-order chi connectivity index (χ1) is 33.1. The predicted octanol–water partition coefficient (Wildman–Crippen LogP) is 11.3. The molecule has 1 aliphatic rings. The van der Waals surface area contributed by atoms with E-state index >= 15 is 0 Å². The third kappa shape index (κ3) is 17.6. The summed E-state index contributed by atoms with van der Waals surface area (Å²) >= 11 is 2.79. The molecule has 2 aromatic heterocycles. The highest BCUT2D eigenvalue weighted by Gasteiger charge is 2.44.